The molecule has 1 unspecified atom stereocenters. The zero-order chi connectivity index (χ0) is 26.2. The summed E-state index contributed by atoms with van der Waals surface area (Å²) in [7, 11) is 1.55. The molecule has 2 heterocycles. The lowest BCUT2D eigenvalue weighted by atomic mass is 9.46. The average molecular weight is 505 g/mol. The Bertz CT molecular complexity index is 1270. The molecule has 8 heteroatoms. The summed E-state index contributed by atoms with van der Waals surface area (Å²) in [6.45, 7) is 4.15. The zero-order valence-electron chi connectivity index (χ0n) is 21.3. The molecule has 194 valence electrons. The van der Waals surface area contributed by atoms with Crippen LogP contribution in [0.2, 0.25) is 0 Å². The molecule has 9 atom stereocenters. The molecule has 5 aliphatic rings. The van der Waals surface area contributed by atoms with Crippen molar-refractivity contribution in [3.05, 3.63) is 47.8 Å². The van der Waals surface area contributed by atoms with Crippen molar-refractivity contribution in [2.45, 2.75) is 70.1 Å². The van der Waals surface area contributed by atoms with Crippen molar-refractivity contribution in [1.82, 2.24) is 4.98 Å². The molecule has 1 aromatic heterocycles. The number of aliphatic hydroxyl groups excluding tert-OH is 1. The molecule has 8 nitrogen and oxygen atoms in total. The maximum Gasteiger partial charge on any atom is 0.190 e. The molecule has 2 saturated carbocycles. The lowest BCUT2D eigenvalue weighted by Crippen LogP contribution is -2.62. The van der Waals surface area contributed by atoms with Gasteiger partial charge in [0.1, 0.15) is 5.75 Å². The first-order chi connectivity index (χ1) is 17.7. The molecule has 37 heavy (non-hydrogen) atoms. The number of nitriles is 1. The lowest BCUT2D eigenvalue weighted by Gasteiger charge is -2.59. The molecule has 1 aromatic rings. The first kappa shape index (κ1) is 24.5. The van der Waals surface area contributed by atoms with E-state index in [9.17, 15) is 20.0 Å². The van der Waals surface area contributed by atoms with Gasteiger partial charge in [-0.25, -0.2) is 0 Å². The van der Waals surface area contributed by atoms with Gasteiger partial charge in [0.15, 0.2) is 23.5 Å². The monoisotopic (exact) mass is 504 g/mol. The van der Waals surface area contributed by atoms with E-state index in [4.69, 9.17) is 14.2 Å². The fraction of sp³-hybridized carbons (Fsp3) is 0.586. The van der Waals surface area contributed by atoms with E-state index in [0.29, 0.717) is 30.6 Å². The Kier molecular flexibility index (Phi) is 5.50. The van der Waals surface area contributed by atoms with Gasteiger partial charge in [0, 0.05) is 35.6 Å². The molecule has 1 N–H and O–H groups in total. The number of carbonyl (C=O) groups is 2. The van der Waals surface area contributed by atoms with Crippen LogP contribution in [0.25, 0.3) is 0 Å². The van der Waals surface area contributed by atoms with Gasteiger partial charge < -0.3 is 19.3 Å². The second-order valence-electron chi connectivity index (χ2n) is 11.6. The normalized spacial score (nSPS) is 43.6. The highest BCUT2D eigenvalue weighted by Gasteiger charge is 2.75. The highest BCUT2D eigenvalue weighted by atomic mass is 16.7. The van der Waals surface area contributed by atoms with E-state index in [-0.39, 0.29) is 35.7 Å². The smallest absolute Gasteiger partial charge is 0.190 e. The van der Waals surface area contributed by atoms with Gasteiger partial charge in [-0.15, -0.1) is 0 Å². The predicted octanol–water partition coefficient (Wildman–Crippen LogP) is 3.61. The number of allylic oxidation sites excluding steroid dienone is 4. The van der Waals surface area contributed by atoms with Crippen molar-refractivity contribution in [2.24, 2.45) is 28.6 Å². The van der Waals surface area contributed by atoms with Gasteiger partial charge >= 0.3 is 0 Å². The Balaban J connectivity index is 1.42. The lowest BCUT2D eigenvalue weighted by molar-refractivity contribution is -0.197. The van der Waals surface area contributed by atoms with E-state index in [0.717, 1.165) is 12.0 Å². The van der Waals surface area contributed by atoms with Crippen molar-refractivity contribution in [2.75, 3.05) is 7.11 Å². The molecule has 0 radical (unpaired) electrons. The third-order valence-corrected chi connectivity index (χ3v) is 10.1. The molecule has 0 aromatic carbocycles. The highest BCUT2D eigenvalue weighted by Crippen LogP contribution is 2.70. The second-order valence-corrected chi connectivity index (χ2v) is 11.6. The van der Waals surface area contributed by atoms with Crippen molar-refractivity contribution >= 4 is 11.6 Å². The predicted molar refractivity (Wildman–Crippen MR) is 131 cm³/mol. The molecule has 6 rings (SSSR count). The molecular weight excluding hydrogens is 472 g/mol. The van der Waals surface area contributed by atoms with Gasteiger partial charge in [-0.3, -0.25) is 14.6 Å². The fourth-order valence-electron chi connectivity index (χ4n) is 8.58. The molecule has 0 spiro atoms. The number of ketones is 2. The summed E-state index contributed by atoms with van der Waals surface area (Å²) < 4.78 is 18.6. The first-order valence-electron chi connectivity index (χ1n) is 13.0. The Morgan fingerprint density at radius 1 is 1.38 bits per heavy atom. The minimum atomic E-state index is -1.37. The van der Waals surface area contributed by atoms with E-state index in [2.05, 4.69) is 18.0 Å². The highest BCUT2D eigenvalue weighted by molar-refractivity contribution is 5.93. The van der Waals surface area contributed by atoms with Crippen LogP contribution in [0, 0.1) is 39.9 Å². The van der Waals surface area contributed by atoms with Crippen molar-refractivity contribution in [3.63, 3.8) is 0 Å². The number of carbonyl (C=O) groups excluding carboxylic acids is 2. The van der Waals surface area contributed by atoms with Crippen LogP contribution in [0.1, 0.15) is 57.8 Å². The largest absolute Gasteiger partial charge is 0.496 e. The number of hydrogen-bond acceptors (Lipinski definition) is 8. The maximum absolute atomic E-state index is 13.8. The van der Waals surface area contributed by atoms with Gasteiger partial charge in [0.25, 0.3) is 0 Å². The Hall–Kier alpha value is -2.86. The van der Waals surface area contributed by atoms with Gasteiger partial charge in [-0.2, -0.15) is 5.26 Å². The summed E-state index contributed by atoms with van der Waals surface area (Å²) in [6.07, 6.45) is 8.63. The summed E-state index contributed by atoms with van der Waals surface area (Å²) in [6, 6.07) is 3.74. The maximum atomic E-state index is 13.8. The van der Waals surface area contributed by atoms with Gasteiger partial charge in [-0.05, 0) is 43.2 Å². The third-order valence-electron chi connectivity index (χ3n) is 10.1. The van der Waals surface area contributed by atoms with Crippen LogP contribution in [0.5, 0.6) is 5.75 Å². The zero-order valence-corrected chi connectivity index (χ0v) is 21.3. The number of ether oxygens (including phenoxy) is 3. The van der Waals surface area contributed by atoms with Gasteiger partial charge in [0.05, 0.1) is 37.4 Å². The number of methoxy groups -OCH3 is 1. The average Bonchev–Trinajstić information content (AvgIpc) is 3.37. The molecule has 1 saturated heterocycles. The minimum Gasteiger partial charge on any atom is -0.496 e. The van der Waals surface area contributed by atoms with Crippen LogP contribution < -0.4 is 4.74 Å². The summed E-state index contributed by atoms with van der Waals surface area (Å²) in [5.41, 5.74) is -0.853. The molecule has 4 aliphatic carbocycles. The van der Waals surface area contributed by atoms with Crippen molar-refractivity contribution in [3.8, 4) is 11.8 Å². The second kappa shape index (κ2) is 8.32. The van der Waals surface area contributed by atoms with Crippen molar-refractivity contribution < 1.29 is 28.9 Å². The van der Waals surface area contributed by atoms with Crippen molar-refractivity contribution in [1.29, 1.82) is 5.26 Å². The summed E-state index contributed by atoms with van der Waals surface area (Å²) in [4.78, 5) is 30.2. The number of hydrogen-bond donors (Lipinski definition) is 1. The molecule has 1 aliphatic heterocycles. The summed E-state index contributed by atoms with van der Waals surface area (Å²) in [5, 5.41) is 21.2. The van der Waals surface area contributed by atoms with Crippen LogP contribution in [0.15, 0.2) is 42.3 Å². The van der Waals surface area contributed by atoms with Gasteiger partial charge in [-0.1, -0.05) is 31.6 Å². The molecule has 0 bridgehead atoms. The quantitative estimate of drug-likeness (QED) is 0.618. The van der Waals surface area contributed by atoms with Crippen LogP contribution in [-0.2, 0) is 19.1 Å². The van der Waals surface area contributed by atoms with E-state index < -0.39 is 34.9 Å². The number of pyridine rings is 1. The number of aliphatic hydroxyl groups is 1. The number of aromatic nitrogens is 1. The van der Waals surface area contributed by atoms with Crippen LogP contribution in [0.3, 0.4) is 0 Å². The molecule has 3 fully saturated rings. The SMILES string of the molecule is COc1ccncc1C1O[C@@H]2C[C@H]3[C@@H]4CC=C5CC(=O)C=C[C@]5(C)[C@H]4[C@@H](O)C[C@]3(C)[C@]2(C(=O)CC#N)O1. The standard InChI is InChI=1S/C29H32N2O6/c1-27-9-6-17(32)12-16(27)4-5-18-20-13-24-29(23(34)7-10-30,28(20,2)14-21(33)25(18)27)37-26(36-24)19-15-31-11-8-22(19)35-3/h4,6,8-9,11,15,18,20-21,24-26,33H,5,7,12-14H2,1-3H3/t18-,20-,21-,24+,25+,26?,27-,28-,29+/m0/s1. The van der Waals surface area contributed by atoms with E-state index in [1.165, 1.54) is 0 Å². The van der Waals surface area contributed by atoms with Crippen LogP contribution in [-0.4, -0.2) is 46.6 Å². The van der Waals surface area contributed by atoms with Crippen LogP contribution >= 0.6 is 0 Å². The van der Waals surface area contributed by atoms with E-state index >= 15 is 0 Å². The first-order valence-corrected chi connectivity index (χ1v) is 13.0. The van der Waals surface area contributed by atoms with Crippen LogP contribution in [0.4, 0.5) is 0 Å². The molecule has 0 amide bonds. The topological polar surface area (TPSA) is 119 Å². The number of nitrogens with zero attached hydrogens (tertiary/aromatic N) is 2. The Morgan fingerprint density at radius 3 is 2.95 bits per heavy atom. The fourth-order valence-corrected chi connectivity index (χ4v) is 8.58. The Labute approximate surface area is 216 Å². The third kappa shape index (κ3) is 3.14. The summed E-state index contributed by atoms with van der Waals surface area (Å²) >= 11 is 0. The van der Waals surface area contributed by atoms with E-state index in [1.807, 2.05) is 19.1 Å². The summed E-state index contributed by atoms with van der Waals surface area (Å²) in [5.74, 6) is 0.368. The number of fused-ring (bicyclic) bond motifs is 7. The number of rotatable bonds is 4. The van der Waals surface area contributed by atoms with Gasteiger partial charge in [0.2, 0.25) is 0 Å². The molecular formula is C29H32N2O6. The minimum absolute atomic E-state index is 0.0333. The Morgan fingerprint density at radius 2 is 2.19 bits per heavy atom. The number of Topliss-reactive ketones (excluding diaryl/α,β-unsaturated/α-hetero) is 1. The van der Waals surface area contributed by atoms with E-state index in [1.54, 1.807) is 31.6 Å².